The Balaban J connectivity index is 1.25. The Labute approximate surface area is 283 Å². The fourth-order valence-electron chi connectivity index (χ4n) is 8.59. The van der Waals surface area contributed by atoms with Gasteiger partial charge < -0.3 is 4.42 Å². The second-order valence-electron chi connectivity index (χ2n) is 13.1. The molecule has 1 heteroatoms. The molecule has 226 valence electrons. The largest absolute Gasteiger partial charge is 0.456 e. The highest BCUT2D eigenvalue weighted by atomic mass is 16.3. The predicted molar refractivity (Wildman–Crippen MR) is 207 cm³/mol. The molecule has 10 aromatic rings. The number of hydrogen-bond acceptors (Lipinski definition) is 1. The van der Waals surface area contributed by atoms with Crippen molar-refractivity contribution in [3.05, 3.63) is 170 Å². The maximum absolute atomic E-state index is 6.22. The van der Waals surface area contributed by atoms with E-state index in [2.05, 4.69) is 158 Å². The summed E-state index contributed by atoms with van der Waals surface area (Å²) in [7, 11) is 0. The fourth-order valence-corrected chi connectivity index (χ4v) is 8.59. The highest BCUT2D eigenvalue weighted by molar-refractivity contribution is 6.26. The van der Waals surface area contributed by atoms with E-state index in [1.54, 1.807) is 0 Å². The highest BCUT2D eigenvalue weighted by Gasteiger charge is 2.24. The van der Waals surface area contributed by atoms with E-state index in [1.165, 1.54) is 88.0 Å². The van der Waals surface area contributed by atoms with Crippen LogP contribution < -0.4 is 0 Å². The van der Waals surface area contributed by atoms with Gasteiger partial charge in [-0.1, -0.05) is 152 Å². The molecule has 1 heterocycles. The molecule has 1 aliphatic rings. The first-order chi connectivity index (χ1) is 24.3. The molecule has 0 radical (unpaired) electrons. The molecule has 1 aromatic heterocycles. The van der Waals surface area contributed by atoms with Crippen LogP contribution in [0, 0.1) is 0 Å². The van der Waals surface area contributed by atoms with Crippen LogP contribution >= 0.6 is 0 Å². The summed E-state index contributed by atoms with van der Waals surface area (Å²) in [5.74, 6) is 0. The lowest BCUT2D eigenvalue weighted by Crippen LogP contribution is -1.93. The fraction of sp³-hybridized carbons (Fsp3) is 0. The molecule has 1 aliphatic carbocycles. The van der Waals surface area contributed by atoms with Crippen LogP contribution in [-0.4, -0.2) is 0 Å². The number of benzene rings is 9. The van der Waals surface area contributed by atoms with Crippen molar-refractivity contribution in [1.82, 2.24) is 0 Å². The molecule has 0 saturated heterocycles. The zero-order valence-corrected chi connectivity index (χ0v) is 26.6. The molecule has 0 spiro atoms. The summed E-state index contributed by atoms with van der Waals surface area (Å²) in [4.78, 5) is 0. The molecular weight excluding hydrogens is 593 g/mol. The summed E-state index contributed by atoms with van der Waals surface area (Å²) in [5, 5.41) is 9.88. The van der Waals surface area contributed by atoms with Crippen molar-refractivity contribution in [3.63, 3.8) is 0 Å². The summed E-state index contributed by atoms with van der Waals surface area (Å²) in [6.45, 7) is 0. The maximum atomic E-state index is 6.22. The Hall–Kier alpha value is -6.44. The van der Waals surface area contributed by atoms with Gasteiger partial charge in [-0.05, 0) is 106 Å². The van der Waals surface area contributed by atoms with E-state index in [4.69, 9.17) is 4.42 Å². The summed E-state index contributed by atoms with van der Waals surface area (Å²) in [6, 6.07) is 62.2. The van der Waals surface area contributed by atoms with Crippen LogP contribution in [0.2, 0.25) is 0 Å². The Bertz CT molecular complexity index is 2890. The van der Waals surface area contributed by atoms with Crippen LogP contribution in [0.3, 0.4) is 0 Å². The second kappa shape index (κ2) is 10.0. The first-order valence-electron chi connectivity index (χ1n) is 16.9. The molecule has 9 aromatic carbocycles. The number of rotatable bonds is 2. The number of fused-ring (bicyclic) bond motifs is 10. The molecule has 0 bridgehead atoms. The van der Waals surface area contributed by atoms with Crippen molar-refractivity contribution in [2.75, 3.05) is 0 Å². The number of furan rings is 1. The van der Waals surface area contributed by atoms with Gasteiger partial charge in [-0.3, -0.25) is 0 Å². The van der Waals surface area contributed by atoms with Crippen molar-refractivity contribution in [2.45, 2.75) is 0 Å². The van der Waals surface area contributed by atoms with Gasteiger partial charge in [-0.25, -0.2) is 0 Å². The van der Waals surface area contributed by atoms with Crippen molar-refractivity contribution in [1.29, 1.82) is 0 Å². The first kappa shape index (κ1) is 26.6. The normalized spacial score (nSPS) is 12.1. The minimum absolute atomic E-state index is 0.915. The number of hydrogen-bond donors (Lipinski definition) is 0. The van der Waals surface area contributed by atoms with E-state index < -0.39 is 0 Å². The summed E-state index contributed by atoms with van der Waals surface area (Å²) >= 11 is 0. The topological polar surface area (TPSA) is 13.1 Å². The van der Waals surface area contributed by atoms with E-state index in [9.17, 15) is 0 Å². The van der Waals surface area contributed by atoms with Crippen LogP contribution in [0.1, 0.15) is 0 Å². The molecule has 11 rings (SSSR count). The Kier molecular flexibility index (Phi) is 5.45. The van der Waals surface area contributed by atoms with Crippen LogP contribution in [0.15, 0.2) is 174 Å². The van der Waals surface area contributed by atoms with Crippen molar-refractivity contribution >= 4 is 54.3 Å². The third-order valence-electron chi connectivity index (χ3n) is 10.6. The molecule has 0 saturated carbocycles. The third kappa shape index (κ3) is 3.70. The summed E-state index contributed by atoms with van der Waals surface area (Å²) in [5.41, 5.74) is 14.5. The Morgan fingerprint density at radius 2 is 0.714 bits per heavy atom. The van der Waals surface area contributed by atoms with E-state index in [0.717, 1.165) is 21.9 Å². The van der Waals surface area contributed by atoms with E-state index in [-0.39, 0.29) is 0 Å². The average Bonchev–Trinajstić information content (AvgIpc) is 3.49. The quantitative estimate of drug-likeness (QED) is 0.175. The van der Waals surface area contributed by atoms with Gasteiger partial charge in [0.05, 0.1) is 0 Å². The standard InChI is InChI=1S/C48H28O/c1-3-14-32-30(12-1)31-13-2-4-15-33(31)41-25-26-42(40-22-11-21-35(32)47(40)41)48-38-19-7-5-17-36(38)46(37-18-6-8-20-39(37)48)29-24-27-45-43(28-29)34-16-9-10-23-44(34)49-45/h1-28H. The minimum atomic E-state index is 0.915. The van der Waals surface area contributed by atoms with Gasteiger partial charge in [0.15, 0.2) is 0 Å². The summed E-state index contributed by atoms with van der Waals surface area (Å²) in [6.07, 6.45) is 0. The molecule has 0 N–H and O–H groups in total. The van der Waals surface area contributed by atoms with Gasteiger partial charge >= 0.3 is 0 Å². The van der Waals surface area contributed by atoms with Gasteiger partial charge in [0.1, 0.15) is 11.2 Å². The first-order valence-corrected chi connectivity index (χ1v) is 16.9. The van der Waals surface area contributed by atoms with Crippen molar-refractivity contribution in [3.8, 4) is 55.6 Å². The monoisotopic (exact) mass is 620 g/mol. The predicted octanol–water partition coefficient (Wildman–Crippen LogP) is 13.7. The molecule has 1 nitrogen and oxygen atoms in total. The zero-order chi connectivity index (χ0) is 32.1. The number of para-hydroxylation sites is 1. The van der Waals surface area contributed by atoms with Crippen molar-refractivity contribution in [2.24, 2.45) is 0 Å². The van der Waals surface area contributed by atoms with Crippen molar-refractivity contribution < 1.29 is 4.42 Å². The van der Waals surface area contributed by atoms with E-state index in [0.29, 0.717) is 0 Å². The molecule has 0 atom stereocenters. The zero-order valence-electron chi connectivity index (χ0n) is 26.6. The van der Waals surface area contributed by atoms with Crippen LogP contribution in [-0.2, 0) is 0 Å². The van der Waals surface area contributed by atoms with E-state index >= 15 is 0 Å². The van der Waals surface area contributed by atoms with Crippen LogP contribution in [0.5, 0.6) is 0 Å². The smallest absolute Gasteiger partial charge is 0.135 e. The van der Waals surface area contributed by atoms with Gasteiger partial charge in [-0.2, -0.15) is 0 Å². The lowest BCUT2D eigenvalue weighted by Gasteiger charge is -2.20. The van der Waals surface area contributed by atoms with Crippen LogP contribution in [0.25, 0.3) is 110 Å². The van der Waals surface area contributed by atoms with Gasteiger partial charge in [0, 0.05) is 10.8 Å². The van der Waals surface area contributed by atoms with E-state index in [1.807, 2.05) is 12.1 Å². The average molecular weight is 621 g/mol. The van der Waals surface area contributed by atoms with Gasteiger partial charge in [0.2, 0.25) is 0 Å². The SMILES string of the molecule is c1ccc2c(c1)-c1ccccc1-c1ccc(-c3c4ccccc4c(-c4ccc5oc6ccccc6c5c4)c4ccccc34)c3cccc-2c13. The van der Waals surface area contributed by atoms with Gasteiger partial charge in [0.25, 0.3) is 0 Å². The second-order valence-corrected chi connectivity index (χ2v) is 13.1. The maximum Gasteiger partial charge on any atom is 0.135 e. The Morgan fingerprint density at radius 1 is 0.265 bits per heavy atom. The van der Waals surface area contributed by atoms with Crippen LogP contribution in [0.4, 0.5) is 0 Å². The lowest BCUT2D eigenvalue weighted by atomic mass is 9.83. The molecule has 0 aliphatic heterocycles. The molecule has 0 unspecified atom stereocenters. The molecule has 0 amide bonds. The molecular formula is C48H28O. The molecule has 49 heavy (non-hydrogen) atoms. The summed E-state index contributed by atoms with van der Waals surface area (Å²) < 4.78 is 6.22. The highest BCUT2D eigenvalue weighted by Crippen LogP contribution is 2.51. The minimum Gasteiger partial charge on any atom is -0.456 e. The molecule has 0 fully saturated rings. The third-order valence-corrected chi connectivity index (χ3v) is 10.6. The van der Waals surface area contributed by atoms with Gasteiger partial charge in [-0.15, -0.1) is 0 Å². The Morgan fingerprint density at radius 3 is 1.37 bits per heavy atom. The lowest BCUT2D eigenvalue weighted by molar-refractivity contribution is 0.669.